The summed E-state index contributed by atoms with van der Waals surface area (Å²) in [5.41, 5.74) is 15.7. The maximum absolute atomic E-state index is 7.85. The zero-order chi connectivity index (χ0) is 48.1. The van der Waals surface area contributed by atoms with Crippen LogP contribution in [0.4, 0.5) is 5.69 Å². The summed E-state index contributed by atoms with van der Waals surface area (Å²) < 4.78 is 0. The van der Waals surface area contributed by atoms with Crippen LogP contribution in [0.2, 0.25) is 0 Å². The monoisotopic (exact) mass is 881 g/mol. The van der Waals surface area contributed by atoms with Crippen LogP contribution in [0.5, 0.6) is 0 Å². The topological polar surface area (TPSA) is 4.36 Å². The molecule has 0 N–H and O–H groups in total. The summed E-state index contributed by atoms with van der Waals surface area (Å²) in [6, 6.07) is 49.7. The van der Waals surface area contributed by atoms with Crippen molar-refractivity contribution in [2.75, 3.05) is 0 Å². The Morgan fingerprint density at radius 1 is 0.324 bits per heavy atom. The minimum atomic E-state index is -0.0744. The Bertz CT molecular complexity index is 3860. The summed E-state index contributed by atoms with van der Waals surface area (Å²) in [6.45, 7) is 40.5. The van der Waals surface area contributed by atoms with E-state index in [1.807, 2.05) is 0 Å². The second kappa shape index (κ2) is 14.6. The van der Waals surface area contributed by atoms with Crippen molar-refractivity contribution < 1.29 is 0 Å². The molecule has 0 unspecified atom stereocenters. The Hall–Kier alpha value is -6.75. The van der Waals surface area contributed by atoms with E-state index in [-0.39, 0.29) is 21.7 Å². The Morgan fingerprint density at radius 2 is 0.735 bits per heavy atom. The average Bonchev–Trinajstić information content (AvgIpc) is 3.78. The van der Waals surface area contributed by atoms with Gasteiger partial charge in [0.15, 0.2) is 5.69 Å². The van der Waals surface area contributed by atoms with Crippen LogP contribution in [0.25, 0.3) is 114 Å². The summed E-state index contributed by atoms with van der Waals surface area (Å²) in [6.07, 6.45) is 0. The number of hydrogen-bond acceptors (Lipinski definition) is 0. The molecule has 0 spiro atoms. The largest absolute Gasteiger partial charge is 0.238 e. The van der Waals surface area contributed by atoms with Crippen molar-refractivity contribution in [3.63, 3.8) is 0 Å². The second-order valence-electron chi connectivity index (χ2n) is 24.2. The fourth-order valence-corrected chi connectivity index (χ4v) is 11.7. The molecule has 1 heteroatoms. The van der Waals surface area contributed by atoms with Crippen molar-refractivity contribution in [3.8, 4) is 33.4 Å². The number of rotatable bonds is 3. The van der Waals surface area contributed by atoms with Crippen LogP contribution in [-0.2, 0) is 21.7 Å². The third-order valence-corrected chi connectivity index (χ3v) is 15.3. The summed E-state index contributed by atoms with van der Waals surface area (Å²) in [4.78, 5) is 3.84. The SMILES string of the molecule is [C-]#[N+]c1cc(C)c(-c2ccc3c4c(-c5cc(C(C)(C)C)cc(C(C)(C)C)c5)c5c(cc6c7ccccc7c7cccc5c76)c(-c5cc(C(C)(C)C)cc(C(C)(C)C)c5)c4c4cccc2c43)c(C)c1. The maximum Gasteiger partial charge on any atom is 0.187 e. The molecule has 11 aromatic carbocycles. The Kier molecular flexibility index (Phi) is 9.42. The minimum Gasteiger partial charge on any atom is -0.238 e. The highest BCUT2D eigenvalue weighted by Crippen LogP contribution is 2.56. The molecule has 0 radical (unpaired) electrons. The Balaban J connectivity index is 1.47. The minimum absolute atomic E-state index is 0.0727. The normalized spacial score (nSPS) is 13.1. The number of nitrogens with zero attached hydrogens (tertiary/aromatic N) is 1. The van der Waals surface area contributed by atoms with Gasteiger partial charge < -0.3 is 0 Å². The first-order valence-electron chi connectivity index (χ1n) is 24.6. The van der Waals surface area contributed by atoms with Gasteiger partial charge in [0.05, 0.1) is 6.57 Å². The van der Waals surface area contributed by atoms with Crippen molar-refractivity contribution in [2.24, 2.45) is 0 Å². The number of aryl methyl sites for hydroxylation is 2. The molecule has 11 rings (SSSR count). The van der Waals surface area contributed by atoms with Gasteiger partial charge in [-0.2, -0.15) is 0 Å². The summed E-state index contributed by atoms with van der Waals surface area (Å²) in [5, 5.41) is 18.3. The van der Waals surface area contributed by atoms with E-state index in [4.69, 9.17) is 6.57 Å². The van der Waals surface area contributed by atoms with Gasteiger partial charge in [-0.05, 0) is 173 Å². The lowest BCUT2D eigenvalue weighted by molar-refractivity contribution is 0.568. The molecule has 11 aromatic rings. The number of benzene rings is 9. The lowest BCUT2D eigenvalue weighted by Crippen LogP contribution is -2.16. The van der Waals surface area contributed by atoms with E-state index < -0.39 is 0 Å². The number of hydrogen-bond donors (Lipinski definition) is 0. The lowest BCUT2D eigenvalue weighted by atomic mass is 9.76. The highest BCUT2D eigenvalue weighted by Gasteiger charge is 2.31. The molecule has 1 nitrogen and oxygen atoms in total. The summed E-state index contributed by atoms with van der Waals surface area (Å²) in [5.74, 6) is 0. The molecule has 0 bridgehead atoms. The van der Waals surface area contributed by atoms with Gasteiger partial charge in [-0.3, -0.25) is 0 Å². The molecule has 0 saturated carbocycles. The molecular weight excluding hydrogens is 819 g/mol. The lowest BCUT2D eigenvalue weighted by Gasteiger charge is -2.28. The maximum atomic E-state index is 7.85. The molecule has 0 saturated heterocycles. The van der Waals surface area contributed by atoms with Gasteiger partial charge in [-0.25, -0.2) is 4.85 Å². The highest BCUT2D eigenvalue weighted by atomic mass is 14.6. The van der Waals surface area contributed by atoms with E-state index in [2.05, 4.69) is 229 Å². The highest BCUT2D eigenvalue weighted by molar-refractivity contribution is 6.45. The molecule has 0 aliphatic carbocycles. The van der Waals surface area contributed by atoms with Crippen LogP contribution in [-0.4, -0.2) is 0 Å². The average molecular weight is 882 g/mol. The molecule has 0 fully saturated rings. The first-order valence-corrected chi connectivity index (χ1v) is 24.6. The van der Waals surface area contributed by atoms with Crippen LogP contribution in [0.1, 0.15) is 116 Å². The molecule has 0 aromatic heterocycles. The molecule has 0 amide bonds. The van der Waals surface area contributed by atoms with E-state index in [1.165, 1.54) is 131 Å². The van der Waals surface area contributed by atoms with Gasteiger partial charge in [0, 0.05) is 0 Å². The van der Waals surface area contributed by atoms with Crippen molar-refractivity contribution in [1.82, 2.24) is 0 Å². The third-order valence-electron chi connectivity index (χ3n) is 15.3. The van der Waals surface area contributed by atoms with E-state index in [0.29, 0.717) is 5.69 Å². The van der Waals surface area contributed by atoms with Crippen LogP contribution in [0.3, 0.4) is 0 Å². The van der Waals surface area contributed by atoms with E-state index in [1.54, 1.807) is 0 Å². The first-order chi connectivity index (χ1) is 32.0. The van der Waals surface area contributed by atoms with Crippen LogP contribution < -0.4 is 0 Å². The smallest absolute Gasteiger partial charge is 0.187 e. The van der Waals surface area contributed by atoms with E-state index in [0.717, 1.165) is 11.1 Å². The van der Waals surface area contributed by atoms with Gasteiger partial charge in [0.2, 0.25) is 0 Å². The van der Waals surface area contributed by atoms with Gasteiger partial charge in [-0.1, -0.05) is 216 Å². The van der Waals surface area contributed by atoms with Crippen LogP contribution >= 0.6 is 0 Å². The Morgan fingerprint density at radius 3 is 1.25 bits per heavy atom. The van der Waals surface area contributed by atoms with Gasteiger partial charge in [0.1, 0.15) is 0 Å². The van der Waals surface area contributed by atoms with Crippen molar-refractivity contribution in [2.45, 2.75) is 119 Å². The third kappa shape index (κ3) is 6.55. The van der Waals surface area contributed by atoms with E-state index >= 15 is 0 Å². The quantitative estimate of drug-likeness (QED) is 0.123. The number of fused-ring (bicyclic) bond motifs is 8. The molecule has 0 atom stereocenters. The fraction of sp³-hybridized carbons (Fsp3) is 0.269. The molecule has 336 valence electrons. The fourth-order valence-electron chi connectivity index (χ4n) is 11.7. The predicted octanol–water partition coefficient (Wildman–Crippen LogP) is 20.0. The predicted molar refractivity (Wildman–Crippen MR) is 298 cm³/mol. The standard InChI is InChI=1S/C67H63N/c1-37-28-45(68-15)29-38(2)56(37)50-26-27-53-59-49(50)23-19-25-52(59)62-57(39-30-41(64(3,4)5)34-42(31-39)65(6,7)8)55-36-54-47-21-17-16-20-46(47)48-22-18-24-51(60(48)54)61(55)58(63(53)62)40-32-43(66(9,10)11)35-44(33-40)67(12,13)14/h16-36H,1-14H3. The van der Waals surface area contributed by atoms with Crippen LogP contribution in [0.15, 0.2) is 127 Å². The Labute approximate surface area is 403 Å². The summed E-state index contributed by atoms with van der Waals surface area (Å²) >= 11 is 0. The van der Waals surface area contributed by atoms with E-state index in [9.17, 15) is 0 Å². The molecule has 0 aliphatic heterocycles. The zero-order valence-electron chi connectivity index (χ0n) is 42.6. The van der Waals surface area contributed by atoms with Gasteiger partial charge >= 0.3 is 0 Å². The molecule has 0 aliphatic rings. The van der Waals surface area contributed by atoms with Gasteiger partial charge in [0.25, 0.3) is 0 Å². The molecule has 68 heavy (non-hydrogen) atoms. The van der Waals surface area contributed by atoms with Crippen LogP contribution in [0, 0.1) is 20.4 Å². The van der Waals surface area contributed by atoms with Gasteiger partial charge in [-0.15, -0.1) is 0 Å². The van der Waals surface area contributed by atoms with Crippen molar-refractivity contribution in [3.05, 3.63) is 172 Å². The van der Waals surface area contributed by atoms with Crippen molar-refractivity contribution >= 4 is 81.1 Å². The summed E-state index contributed by atoms with van der Waals surface area (Å²) in [7, 11) is 0. The zero-order valence-corrected chi connectivity index (χ0v) is 42.6. The molecular formula is C67H63N. The second-order valence-corrected chi connectivity index (χ2v) is 24.2. The first kappa shape index (κ1) is 43.8. The molecule has 0 heterocycles. The van der Waals surface area contributed by atoms with Crippen molar-refractivity contribution in [1.29, 1.82) is 0 Å².